The Morgan fingerprint density at radius 1 is 0.526 bits per heavy atom. The van der Waals surface area contributed by atoms with Crippen LogP contribution in [-0.4, -0.2) is 47.1 Å². The number of hydrogen-bond donors (Lipinski definition) is 4. The predicted octanol–water partition coefficient (Wildman–Crippen LogP) is 6.22. The largest absolute Gasteiger partial charge is 0.481 e. The molecule has 1 saturated carbocycles. The van der Waals surface area contributed by atoms with Gasteiger partial charge >= 0.3 is 11.9 Å². The number of aliphatic carboxylic acids is 2. The number of amides is 2. The summed E-state index contributed by atoms with van der Waals surface area (Å²) < 4.78 is 0. The first-order valence-corrected chi connectivity index (χ1v) is 15.4. The second kappa shape index (κ2) is 22.8. The number of carboxylic acid groups (broad SMARTS) is 2. The Kier molecular flexibility index (Phi) is 20.4. The Hall–Kier alpha value is -2.12. The van der Waals surface area contributed by atoms with E-state index in [2.05, 4.69) is 10.6 Å². The van der Waals surface area contributed by atoms with E-state index in [1.165, 1.54) is 77.0 Å². The fourth-order valence-corrected chi connectivity index (χ4v) is 5.32. The van der Waals surface area contributed by atoms with E-state index in [-0.39, 0.29) is 24.3 Å². The first kappa shape index (κ1) is 33.9. The third-order valence-corrected chi connectivity index (χ3v) is 7.76. The van der Waals surface area contributed by atoms with Crippen LogP contribution in [0.1, 0.15) is 141 Å². The van der Waals surface area contributed by atoms with Crippen molar-refractivity contribution < 1.29 is 29.4 Å². The molecule has 0 aliphatic heterocycles. The fourth-order valence-electron chi connectivity index (χ4n) is 5.32. The summed E-state index contributed by atoms with van der Waals surface area (Å²) in [6.07, 6.45) is 23.5. The number of carbonyl (C=O) groups is 4. The fraction of sp³-hybridized carbons (Fsp3) is 0.867. The monoisotopic (exact) mass is 538 g/mol. The number of unbranched alkanes of at least 4 members (excludes halogenated alkanes) is 15. The SMILES string of the molecule is O=C(O)CCCCCCCCCCCCCCCCCCC(=O)NCC1CCC(C(=O)NCC(=O)O)CC1. The molecule has 38 heavy (non-hydrogen) atoms. The van der Waals surface area contributed by atoms with Crippen LogP contribution in [0.5, 0.6) is 0 Å². The molecule has 0 saturated heterocycles. The summed E-state index contributed by atoms with van der Waals surface area (Å²) in [5.74, 6) is -1.44. The maximum Gasteiger partial charge on any atom is 0.322 e. The summed E-state index contributed by atoms with van der Waals surface area (Å²) in [6, 6.07) is 0. The van der Waals surface area contributed by atoms with Gasteiger partial charge < -0.3 is 20.8 Å². The molecule has 8 nitrogen and oxygen atoms in total. The van der Waals surface area contributed by atoms with E-state index in [1.54, 1.807) is 0 Å². The molecule has 2 amide bonds. The van der Waals surface area contributed by atoms with Crippen molar-refractivity contribution in [3.8, 4) is 0 Å². The molecular formula is C30H54N2O6. The number of nitrogens with one attached hydrogen (secondary N) is 2. The molecule has 0 aromatic rings. The standard InChI is InChI=1S/C30H54N2O6/c33-27(31-23-25-19-21-26(22-20-25)30(38)32-24-29(36)37)17-15-13-11-9-7-5-3-1-2-4-6-8-10-12-14-16-18-28(34)35/h25-26H,1-24H2,(H,31,33)(H,32,38)(H,34,35)(H,36,37). The summed E-state index contributed by atoms with van der Waals surface area (Å²) in [4.78, 5) is 45.1. The van der Waals surface area contributed by atoms with E-state index >= 15 is 0 Å². The van der Waals surface area contributed by atoms with Gasteiger partial charge in [0.1, 0.15) is 6.54 Å². The minimum atomic E-state index is -1.02. The molecule has 8 heteroatoms. The van der Waals surface area contributed by atoms with Gasteiger partial charge in [0.15, 0.2) is 0 Å². The van der Waals surface area contributed by atoms with Gasteiger partial charge in [-0.15, -0.1) is 0 Å². The lowest BCUT2D eigenvalue weighted by Crippen LogP contribution is -2.38. The van der Waals surface area contributed by atoms with Gasteiger partial charge in [0.05, 0.1) is 0 Å². The zero-order valence-corrected chi connectivity index (χ0v) is 23.7. The van der Waals surface area contributed by atoms with Crippen LogP contribution in [0.2, 0.25) is 0 Å². The Labute approximate surface area is 230 Å². The molecule has 0 aromatic heterocycles. The van der Waals surface area contributed by atoms with Crippen molar-refractivity contribution in [3.63, 3.8) is 0 Å². The van der Waals surface area contributed by atoms with Crippen LogP contribution in [-0.2, 0) is 19.2 Å². The molecule has 4 N–H and O–H groups in total. The molecular weight excluding hydrogens is 484 g/mol. The molecule has 0 heterocycles. The molecule has 0 aromatic carbocycles. The number of hydrogen-bond acceptors (Lipinski definition) is 4. The lowest BCUT2D eigenvalue weighted by Gasteiger charge is -2.27. The van der Waals surface area contributed by atoms with Crippen molar-refractivity contribution in [3.05, 3.63) is 0 Å². The highest BCUT2D eigenvalue weighted by molar-refractivity contribution is 5.82. The quantitative estimate of drug-likeness (QED) is 0.108. The highest BCUT2D eigenvalue weighted by Crippen LogP contribution is 2.28. The van der Waals surface area contributed by atoms with Crippen molar-refractivity contribution in [1.29, 1.82) is 0 Å². The van der Waals surface area contributed by atoms with E-state index in [0.29, 0.717) is 25.3 Å². The van der Waals surface area contributed by atoms with Gasteiger partial charge in [-0.25, -0.2) is 0 Å². The van der Waals surface area contributed by atoms with Crippen molar-refractivity contribution in [1.82, 2.24) is 10.6 Å². The minimum Gasteiger partial charge on any atom is -0.481 e. The summed E-state index contributed by atoms with van der Waals surface area (Å²) in [6.45, 7) is 0.355. The van der Waals surface area contributed by atoms with Gasteiger partial charge in [-0.3, -0.25) is 19.2 Å². The number of carbonyl (C=O) groups excluding carboxylic acids is 2. The molecule has 0 radical (unpaired) electrons. The van der Waals surface area contributed by atoms with Crippen LogP contribution < -0.4 is 10.6 Å². The molecule has 0 bridgehead atoms. The van der Waals surface area contributed by atoms with E-state index in [1.807, 2.05) is 0 Å². The third-order valence-electron chi connectivity index (χ3n) is 7.76. The van der Waals surface area contributed by atoms with Gasteiger partial charge in [-0.1, -0.05) is 89.9 Å². The van der Waals surface area contributed by atoms with E-state index in [4.69, 9.17) is 10.2 Å². The summed E-state index contributed by atoms with van der Waals surface area (Å²) in [5, 5.41) is 22.8. The van der Waals surface area contributed by atoms with Crippen LogP contribution in [0.3, 0.4) is 0 Å². The van der Waals surface area contributed by atoms with E-state index < -0.39 is 11.9 Å². The van der Waals surface area contributed by atoms with Crippen LogP contribution in [0, 0.1) is 11.8 Å². The van der Waals surface area contributed by atoms with Crippen molar-refractivity contribution in [2.75, 3.05) is 13.1 Å². The first-order chi connectivity index (χ1) is 18.4. The maximum atomic E-state index is 12.1. The Morgan fingerprint density at radius 3 is 1.37 bits per heavy atom. The second-order valence-electron chi connectivity index (χ2n) is 11.2. The zero-order valence-electron chi connectivity index (χ0n) is 23.7. The lowest BCUT2D eigenvalue weighted by molar-refractivity contribution is -0.139. The molecule has 1 fully saturated rings. The maximum absolute atomic E-state index is 12.1. The Morgan fingerprint density at radius 2 is 0.947 bits per heavy atom. The molecule has 0 spiro atoms. The number of rotatable bonds is 24. The van der Waals surface area contributed by atoms with Crippen LogP contribution in [0.4, 0.5) is 0 Å². The molecule has 1 rings (SSSR count). The van der Waals surface area contributed by atoms with Crippen LogP contribution in [0.15, 0.2) is 0 Å². The van der Waals surface area contributed by atoms with Gasteiger partial charge in [-0.2, -0.15) is 0 Å². The zero-order chi connectivity index (χ0) is 27.8. The highest BCUT2D eigenvalue weighted by atomic mass is 16.4. The van der Waals surface area contributed by atoms with Gasteiger partial charge in [-0.05, 0) is 44.4 Å². The summed E-state index contributed by atoms with van der Waals surface area (Å²) >= 11 is 0. The smallest absolute Gasteiger partial charge is 0.322 e. The Bertz CT molecular complexity index is 661. The van der Waals surface area contributed by atoms with Crippen molar-refractivity contribution in [2.45, 2.75) is 141 Å². The molecule has 220 valence electrons. The van der Waals surface area contributed by atoms with Crippen molar-refractivity contribution in [2.24, 2.45) is 11.8 Å². The normalized spacial score (nSPS) is 17.2. The lowest BCUT2D eigenvalue weighted by atomic mass is 9.81. The predicted molar refractivity (Wildman–Crippen MR) is 150 cm³/mol. The highest BCUT2D eigenvalue weighted by Gasteiger charge is 2.26. The van der Waals surface area contributed by atoms with E-state index in [0.717, 1.165) is 51.4 Å². The van der Waals surface area contributed by atoms with Gasteiger partial charge in [0, 0.05) is 25.3 Å². The van der Waals surface area contributed by atoms with Gasteiger partial charge in [0.2, 0.25) is 11.8 Å². The topological polar surface area (TPSA) is 133 Å². The molecule has 0 atom stereocenters. The summed E-state index contributed by atoms with van der Waals surface area (Å²) in [5.41, 5.74) is 0. The Balaban J connectivity index is 1.82. The first-order valence-electron chi connectivity index (χ1n) is 15.4. The molecule has 1 aliphatic rings. The minimum absolute atomic E-state index is 0.105. The summed E-state index contributed by atoms with van der Waals surface area (Å²) in [7, 11) is 0. The van der Waals surface area contributed by atoms with Crippen LogP contribution in [0.25, 0.3) is 0 Å². The average Bonchev–Trinajstić information content (AvgIpc) is 2.90. The van der Waals surface area contributed by atoms with Crippen LogP contribution >= 0.6 is 0 Å². The average molecular weight is 539 g/mol. The second-order valence-corrected chi connectivity index (χ2v) is 11.2. The third kappa shape index (κ3) is 19.9. The molecule has 1 aliphatic carbocycles. The number of carboxylic acids is 2. The van der Waals surface area contributed by atoms with Gasteiger partial charge in [0.25, 0.3) is 0 Å². The van der Waals surface area contributed by atoms with Crippen molar-refractivity contribution >= 4 is 23.8 Å². The van der Waals surface area contributed by atoms with E-state index in [9.17, 15) is 19.2 Å². The molecule has 0 unspecified atom stereocenters.